The Morgan fingerprint density at radius 1 is 0.643 bits per heavy atom. The minimum absolute atomic E-state index is 0.459. The zero-order chi connectivity index (χ0) is 20.3. The van der Waals surface area contributed by atoms with Crippen LogP contribution in [0.5, 0.6) is 0 Å². The molecule has 28 heavy (non-hydrogen) atoms. The van der Waals surface area contributed by atoms with Crippen molar-refractivity contribution in [3.63, 3.8) is 0 Å². The quantitative estimate of drug-likeness (QED) is 0.518. The van der Waals surface area contributed by atoms with Crippen molar-refractivity contribution in [3.05, 3.63) is 58.7 Å². The van der Waals surface area contributed by atoms with Gasteiger partial charge in [-0.15, -0.1) is 0 Å². The highest BCUT2D eigenvalue weighted by molar-refractivity contribution is 6.43. The van der Waals surface area contributed by atoms with Crippen LogP contribution in [0.3, 0.4) is 0 Å². The molecule has 0 atom stereocenters. The van der Waals surface area contributed by atoms with Crippen molar-refractivity contribution >= 4 is 22.8 Å². The van der Waals surface area contributed by atoms with Gasteiger partial charge in [-0.25, -0.2) is 0 Å². The Bertz CT molecular complexity index is 854. The Morgan fingerprint density at radius 3 is 1.54 bits per heavy atom. The number of aliphatic imine (C=N–C) groups is 2. The van der Waals surface area contributed by atoms with Crippen LogP contribution in [0.4, 0.5) is 11.4 Å². The van der Waals surface area contributed by atoms with E-state index in [-0.39, 0.29) is 0 Å². The molecule has 2 heteroatoms. The third kappa shape index (κ3) is 4.43. The van der Waals surface area contributed by atoms with Gasteiger partial charge in [0.05, 0.1) is 22.8 Å². The smallest absolute Gasteiger partial charge is 0.0702 e. The van der Waals surface area contributed by atoms with E-state index >= 15 is 0 Å². The van der Waals surface area contributed by atoms with Crippen LogP contribution >= 0.6 is 0 Å². The maximum absolute atomic E-state index is 5.28. The van der Waals surface area contributed by atoms with Crippen LogP contribution in [0, 0.1) is 13.8 Å². The zero-order valence-electron chi connectivity index (χ0n) is 18.3. The van der Waals surface area contributed by atoms with Gasteiger partial charge in [-0.1, -0.05) is 64.1 Å². The summed E-state index contributed by atoms with van der Waals surface area (Å²) in [7, 11) is 0. The Hall–Kier alpha value is -2.22. The largest absolute Gasteiger partial charge is 0.251 e. The summed E-state index contributed by atoms with van der Waals surface area (Å²) < 4.78 is 0. The highest BCUT2D eigenvalue weighted by Crippen LogP contribution is 2.36. The van der Waals surface area contributed by atoms with Gasteiger partial charge in [0.2, 0.25) is 0 Å². The van der Waals surface area contributed by atoms with E-state index in [0.29, 0.717) is 11.8 Å². The third-order valence-corrected chi connectivity index (χ3v) is 5.69. The lowest BCUT2D eigenvalue weighted by atomic mass is 9.91. The van der Waals surface area contributed by atoms with Crippen molar-refractivity contribution in [1.29, 1.82) is 0 Å². The van der Waals surface area contributed by atoms with Crippen molar-refractivity contribution in [1.82, 2.24) is 0 Å². The standard InChI is InChI=1S/C26H34N2/c1-17(2)21-13-10-14-22(18(3)4)26(21)28-24-16-8-7-15-23(24)27-25-19(5)11-9-12-20(25)6/h9-14,17-18H,7-8,15-16H2,1-6H3. The van der Waals surface area contributed by atoms with Gasteiger partial charge in [0, 0.05) is 0 Å². The third-order valence-electron chi connectivity index (χ3n) is 5.69. The first kappa shape index (κ1) is 20.5. The number of aryl methyl sites for hydroxylation is 2. The molecule has 1 fully saturated rings. The molecule has 0 unspecified atom stereocenters. The molecule has 2 aromatic rings. The van der Waals surface area contributed by atoms with Gasteiger partial charge in [0.25, 0.3) is 0 Å². The summed E-state index contributed by atoms with van der Waals surface area (Å²) in [6.45, 7) is 13.3. The predicted octanol–water partition coefficient (Wildman–Crippen LogP) is 7.97. The number of benzene rings is 2. The summed E-state index contributed by atoms with van der Waals surface area (Å²) in [6.07, 6.45) is 4.44. The van der Waals surface area contributed by atoms with E-state index < -0.39 is 0 Å². The Labute approximate surface area is 170 Å². The van der Waals surface area contributed by atoms with Crippen molar-refractivity contribution in [3.8, 4) is 0 Å². The SMILES string of the molecule is Cc1cccc(C)c1N=C1CCCCC1=Nc1c(C(C)C)cccc1C(C)C. The fourth-order valence-corrected chi connectivity index (χ4v) is 4.01. The molecule has 148 valence electrons. The Balaban J connectivity index is 2.13. The molecule has 2 aromatic carbocycles. The molecule has 2 nitrogen and oxygen atoms in total. The topological polar surface area (TPSA) is 24.7 Å². The molecule has 0 heterocycles. The highest BCUT2D eigenvalue weighted by Gasteiger charge is 2.19. The molecule has 1 aliphatic carbocycles. The van der Waals surface area contributed by atoms with E-state index in [1.165, 1.54) is 52.2 Å². The van der Waals surface area contributed by atoms with E-state index in [4.69, 9.17) is 9.98 Å². The van der Waals surface area contributed by atoms with E-state index in [2.05, 4.69) is 77.9 Å². The molecular weight excluding hydrogens is 340 g/mol. The van der Waals surface area contributed by atoms with Crippen LogP contribution < -0.4 is 0 Å². The molecule has 1 saturated carbocycles. The van der Waals surface area contributed by atoms with Crippen LogP contribution in [0.15, 0.2) is 46.4 Å². The van der Waals surface area contributed by atoms with Crippen molar-refractivity contribution in [2.24, 2.45) is 9.98 Å². The molecule has 0 spiro atoms. The van der Waals surface area contributed by atoms with Crippen molar-refractivity contribution in [2.75, 3.05) is 0 Å². The normalized spacial score (nSPS) is 17.9. The number of rotatable bonds is 4. The molecule has 0 bridgehead atoms. The minimum Gasteiger partial charge on any atom is -0.251 e. The zero-order valence-corrected chi connectivity index (χ0v) is 18.3. The first-order chi connectivity index (χ1) is 13.4. The molecule has 1 aliphatic rings. The molecule has 3 rings (SSSR count). The highest BCUT2D eigenvalue weighted by atomic mass is 14.8. The second-order valence-corrected chi connectivity index (χ2v) is 8.66. The molecular formula is C26H34N2. The lowest BCUT2D eigenvalue weighted by molar-refractivity contribution is 0.775. The van der Waals surface area contributed by atoms with Crippen LogP contribution in [-0.2, 0) is 0 Å². The Morgan fingerprint density at radius 2 is 1.07 bits per heavy atom. The van der Waals surface area contributed by atoms with E-state index in [1.807, 2.05) is 0 Å². The molecule has 0 aliphatic heterocycles. The van der Waals surface area contributed by atoms with Crippen LogP contribution in [0.25, 0.3) is 0 Å². The second-order valence-electron chi connectivity index (χ2n) is 8.66. The van der Waals surface area contributed by atoms with E-state index in [9.17, 15) is 0 Å². The van der Waals surface area contributed by atoms with Gasteiger partial charge in [-0.3, -0.25) is 9.98 Å². The van der Waals surface area contributed by atoms with Gasteiger partial charge in [-0.05, 0) is 73.6 Å². The predicted molar refractivity (Wildman–Crippen MR) is 123 cm³/mol. The fraction of sp³-hybridized carbons (Fsp3) is 0.462. The van der Waals surface area contributed by atoms with Crippen LogP contribution in [0.2, 0.25) is 0 Å². The molecule has 0 aromatic heterocycles. The maximum atomic E-state index is 5.28. The summed E-state index contributed by atoms with van der Waals surface area (Å²) in [5, 5.41) is 0. The van der Waals surface area contributed by atoms with Gasteiger partial charge >= 0.3 is 0 Å². The van der Waals surface area contributed by atoms with Crippen molar-refractivity contribution in [2.45, 2.75) is 79.1 Å². The number of hydrogen-bond donors (Lipinski definition) is 0. The number of nitrogens with zero attached hydrogens (tertiary/aromatic N) is 2. The average Bonchev–Trinajstić information content (AvgIpc) is 2.66. The van der Waals surface area contributed by atoms with E-state index in [0.717, 1.165) is 18.5 Å². The molecule has 0 amide bonds. The lowest BCUT2D eigenvalue weighted by Gasteiger charge is -2.21. The van der Waals surface area contributed by atoms with Gasteiger partial charge in [0.15, 0.2) is 0 Å². The van der Waals surface area contributed by atoms with Gasteiger partial charge in [-0.2, -0.15) is 0 Å². The summed E-state index contributed by atoms with van der Waals surface area (Å²) in [5.74, 6) is 0.918. The monoisotopic (exact) mass is 374 g/mol. The molecule has 0 saturated heterocycles. The summed E-state index contributed by atoms with van der Waals surface area (Å²) in [6, 6.07) is 13.1. The summed E-state index contributed by atoms with van der Waals surface area (Å²) >= 11 is 0. The number of para-hydroxylation sites is 2. The second kappa shape index (κ2) is 8.86. The Kier molecular flexibility index (Phi) is 6.49. The minimum atomic E-state index is 0.459. The molecule has 0 N–H and O–H groups in total. The number of hydrogen-bond acceptors (Lipinski definition) is 2. The lowest BCUT2D eigenvalue weighted by Crippen LogP contribution is -2.19. The summed E-state index contributed by atoms with van der Waals surface area (Å²) in [4.78, 5) is 10.4. The average molecular weight is 375 g/mol. The summed E-state index contributed by atoms with van der Waals surface area (Å²) in [5.41, 5.74) is 9.82. The first-order valence-corrected chi connectivity index (χ1v) is 10.7. The van der Waals surface area contributed by atoms with Gasteiger partial charge in [0.1, 0.15) is 0 Å². The van der Waals surface area contributed by atoms with Crippen LogP contribution in [0.1, 0.15) is 87.5 Å². The first-order valence-electron chi connectivity index (χ1n) is 10.7. The van der Waals surface area contributed by atoms with E-state index in [1.54, 1.807) is 0 Å². The molecule has 0 radical (unpaired) electrons. The fourth-order valence-electron chi connectivity index (χ4n) is 4.01. The van der Waals surface area contributed by atoms with Crippen LogP contribution in [-0.4, -0.2) is 11.4 Å². The van der Waals surface area contributed by atoms with Gasteiger partial charge < -0.3 is 0 Å². The van der Waals surface area contributed by atoms with Crippen molar-refractivity contribution < 1.29 is 0 Å². The maximum Gasteiger partial charge on any atom is 0.0702 e.